The zero-order chi connectivity index (χ0) is 11.7. The molecule has 1 atom stereocenters. The summed E-state index contributed by atoms with van der Waals surface area (Å²) in [5.74, 6) is -0.127. The lowest BCUT2D eigenvalue weighted by Crippen LogP contribution is -2.20. The van der Waals surface area contributed by atoms with Gasteiger partial charge in [0.25, 0.3) is 0 Å². The molecular weight excluding hydrogens is 292 g/mol. The van der Waals surface area contributed by atoms with E-state index in [0.717, 1.165) is 28.4 Å². The molecule has 0 heterocycles. The molecule has 2 rings (SSSR count). The summed E-state index contributed by atoms with van der Waals surface area (Å²) in [6.07, 6.45) is 1.69. The summed E-state index contributed by atoms with van der Waals surface area (Å²) in [5, 5.41) is 3.85. The van der Waals surface area contributed by atoms with Gasteiger partial charge >= 0.3 is 0 Å². The molecule has 1 aliphatic rings. The maximum atomic E-state index is 13.6. The fraction of sp³-hybridized carbons (Fsp3) is 0.333. The van der Waals surface area contributed by atoms with E-state index < -0.39 is 0 Å². The quantitative estimate of drug-likeness (QED) is 0.892. The molecular formula is C12H12BrClFN. The SMILES string of the molecule is C=C(Cl)CNC1CCc2c(F)cc(Br)cc21. The van der Waals surface area contributed by atoms with Crippen molar-refractivity contribution in [2.24, 2.45) is 0 Å². The third-order valence-electron chi connectivity index (χ3n) is 2.79. The van der Waals surface area contributed by atoms with E-state index in [1.54, 1.807) is 0 Å². The van der Waals surface area contributed by atoms with Crippen molar-refractivity contribution >= 4 is 27.5 Å². The summed E-state index contributed by atoms with van der Waals surface area (Å²) in [5.41, 5.74) is 1.85. The molecule has 0 bridgehead atoms. The van der Waals surface area contributed by atoms with E-state index in [0.29, 0.717) is 11.6 Å². The van der Waals surface area contributed by atoms with Crippen molar-refractivity contribution in [2.75, 3.05) is 6.54 Å². The molecule has 0 radical (unpaired) electrons. The van der Waals surface area contributed by atoms with Gasteiger partial charge in [0.05, 0.1) is 0 Å². The van der Waals surface area contributed by atoms with Gasteiger partial charge < -0.3 is 5.32 Å². The zero-order valence-corrected chi connectivity index (χ0v) is 11.0. The van der Waals surface area contributed by atoms with Crippen molar-refractivity contribution in [2.45, 2.75) is 18.9 Å². The second-order valence-corrected chi connectivity index (χ2v) is 5.40. The fourth-order valence-corrected chi connectivity index (χ4v) is 2.61. The molecule has 0 saturated heterocycles. The Morgan fingerprint density at radius 3 is 3.06 bits per heavy atom. The van der Waals surface area contributed by atoms with Gasteiger partial charge in [0.2, 0.25) is 0 Å². The van der Waals surface area contributed by atoms with Crippen molar-refractivity contribution in [3.63, 3.8) is 0 Å². The van der Waals surface area contributed by atoms with Crippen LogP contribution < -0.4 is 5.32 Å². The van der Waals surface area contributed by atoms with Crippen molar-refractivity contribution < 1.29 is 4.39 Å². The standard InChI is InChI=1S/C12H12BrClFN/c1-7(14)6-16-12-3-2-9-10(12)4-8(13)5-11(9)15/h4-5,12,16H,1-3,6H2. The van der Waals surface area contributed by atoms with Crippen LogP contribution in [-0.4, -0.2) is 6.54 Å². The first kappa shape index (κ1) is 12.1. The van der Waals surface area contributed by atoms with Crippen LogP contribution >= 0.6 is 27.5 Å². The Hall–Kier alpha value is -0.380. The highest BCUT2D eigenvalue weighted by molar-refractivity contribution is 9.10. The maximum Gasteiger partial charge on any atom is 0.127 e. The van der Waals surface area contributed by atoms with Gasteiger partial charge in [-0.1, -0.05) is 34.1 Å². The third kappa shape index (κ3) is 2.47. The molecule has 1 aliphatic carbocycles. The van der Waals surface area contributed by atoms with Gasteiger partial charge in [-0.25, -0.2) is 4.39 Å². The minimum absolute atomic E-state index is 0.127. The molecule has 0 saturated carbocycles. The predicted molar refractivity (Wildman–Crippen MR) is 68.2 cm³/mol. The monoisotopic (exact) mass is 303 g/mol. The second-order valence-electron chi connectivity index (χ2n) is 3.94. The Morgan fingerprint density at radius 1 is 1.62 bits per heavy atom. The van der Waals surface area contributed by atoms with Crippen LogP contribution in [0.3, 0.4) is 0 Å². The molecule has 1 N–H and O–H groups in total. The lowest BCUT2D eigenvalue weighted by atomic mass is 10.1. The number of halogens is 3. The largest absolute Gasteiger partial charge is 0.305 e. The van der Waals surface area contributed by atoms with Gasteiger partial charge in [-0.05, 0) is 36.1 Å². The van der Waals surface area contributed by atoms with E-state index in [1.807, 2.05) is 6.07 Å². The van der Waals surface area contributed by atoms with Gasteiger partial charge in [-0.3, -0.25) is 0 Å². The molecule has 4 heteroatoms. The Labute approximate surface area is 108 Å². The Bertz CT molecular complexity index is 433. The molecule has 16 heavy (non-hydrogen) atoms. The lowest BCUT2D eigenvalue weighted by molar-refractivity contribution is 0.561. The number of benzene rings is 1. The van der Waals surface area contributed by atoms with Crippen LogP contribution in [0, 0.1) is 5.82 Å². The number of hydrogen-bond acceptors (Lipinski definition) is 1. The third-order valence-corrected chi connectivity index (χ3v) is 3.38. The summed E-state index contributed by atoms with van der Waals surface area (Å²) in [7, 11) is 0. The van der Waals surface area contributed by atoms with E-state index in [9.17, 15) is 4.39 Å². The summed E-state index contributed by atoms with van der Waals surface area (Å²) >= 11 is 9.02. The van der Waals surface area contributed by atoms with Gasteiger partial charge in [0.1, 0.15) is 5.82 Å². The van der Waals surface area contributed by atoms with E-state index in [2.05, 4.69) is 27.8 Å². The molecule has 86 valence electrons. The van der Waals surface area contributed by atoms with Crippen LogP contribution in [0.5, 0.6) is 0 Å². The molecule has 0 spiro atoms. The van der Waals surface area contributed by atoms with E-state index in [1.165, 1.54) is 6.07 Å². The van der Waals surface area contributed by atoms with Crippen LogP contribution in [0.1, 0.15) is 23.6 Å². The highest BCUT2D eigenvalue weighted by atomic mass is 79.9. The normalized spacial score (nSPS) is 18.6. The minimum atomic E-state index is -0.127. The molecule has 1 aromatic rings. The number of rotatable bonds is 3. The van der Waals surface area contributed by atoms with Crippen molar-refractivity contribution in [1.82, 2.24) is 5.32 Å². The molecule has 0 aromatic heterocycles. The van der Waals surface area contributed by atoms with Crippen molar-refractivity contribution in [1.29, 1.82) is 0 Å². The van der Waals surface area contributed by atoms with Gasteiger partial charge in [-0.2, -0.15) is 0 Å². The topological polar surface area (TPSA) is 12.0 Å². The van der Waals surface area contributed by atoms with Gasteiger partial charge in [0.15, 0.2) is 0 Å². The Balaban J connectivity index is 2.22. The van der Waals surface area contributed by atoms with Crippen molar-refractivity contribution in [3.05, 3.63) is 45.2 Å². The van der Waals surface area contributed by atoms with Crippen molar-refractivity contribution in [3.8, 4) is 0 Å². The van der Waals surface area contributed by atoms with Gasteiger partial charge in [0, 0.05) is 22.1 Å². The van der Waals surface area contributed by atoms with Crippen LogP contribution in [0.25, 0.3) is 0 Å². The summed E-state index contributed by atoms with van der Waals surface area (Å²) in [4.78, 5) is 0. The highest BCUT2D eigenvalue weighted by Crippen LogP contribution is 2.35. The number of fused-ring (bicyclic) bond motifs is 1. The molecule has 0 fully saturated rings. The molecule has 0 amide bonds. The van der Waals surface area contributed by atoms with Crippen LogP contribution in [0.4, 0.5) is 4.39 Å². The first-order valence-corrected chi connectivity index (χ1v) is 6.29. The molecule has 0 aliphatic heterocycles. The summed E-state index contributed by atoms with van der Waals surface area (Å²) in [6, 6.07) is 3.67. The fourth-order valence-electron chi connectivity index (χ4n) is 2.09. The molecule has 1 unspecified atom stereocenters. The first-order valence-electron chi connectivity index (χ1n) is 5.12. The first-order chi connectivity index (χ1) is 7.58. The van der Waals surface area contributed by atoms with E-state index in [-0.39, 0.29) is 11.9 Å². The van der Waals surface area contributed by atoms with Crippen LogP contribution in [0.15, 0.2) is 28.2 Å². The second kappa shape index (κ2) is 4.86. The predicted octanol–water partition coefficient (Wildman–Crippen LogP) is 3.92. The average molecular weight is 305 g/mol. The van der Waals surface area contributed by atoms with Crippen LogP contribution in [0.2, 0.25) is 0 Å². The Kier molecular flexibility index (Phi) is 3.67. The lowest BCUT2D eigenvalue weighted by Gasteiger charge is -2.13. The molecule has 1 nitrogen and oxygen atoms in total. The smallest absolute Gasteiger partial charge is 0.127 e. The van der Waals surface area contributed by atoms with E-state index in [4.69, 9.17) is 11.6 Å². The minimum Gasteiger partial charge on any atom is -0.305 e. The average Bonchev–Trinajstić information content (AvgIpc) is 2.58. The van der Waals surface area contributed by atoms with Gasteiger partial charge in [-0.15, -0.1) is 0 Å². The maximum absolute atomic E-state index is 13.6. The van der Waals surface area contributed by atoms with Crippen LogP contribution in [-0.2, 0) is 6.42 Å². The Morgan fingerprint density at radius 2 is 2.38 bits per heavy atom. The number of nitrogens with one attached hydrogen (secondary N) is 1. The summed E-state index contributed by atoms with van der Waals surface area (Å²) in [6.45, 7) is 4.18. The zero-order valence-electron chi connectivity index (χ0n) is 8.69. The van der Waals surface area contributed by atoms with E-state index >= 15 is 0 Å². The summed E-state index contributed by atoms with van der Waals surface area (Å²) < 4.78 is 14.4. The highest BCUT2D eigenvalue weighted by Gasteiger charge is 2.25. The number of hydrogen-bond donors (Lipinski definition) is 1. The molecule has 1 aromatic carbocycles.